The van der Waals surface area contributed by atoms with Crippen molar-refractivity contribution in [3.05, 3.63) is 0 Å². The van der Waals surface area contributed by atoms with Crippen molar-refractivity contribution in [1.29, 1.82) is 0 Å². The van der Waals surface area contributed by atoms with Crippen molar-refractivity contribution in [3.63, 3.8) is 0 Å². The largest absolute Gasteiger partial charge is 0.393 e. The van der Waals surface area contributed by atoms with Crippen LogP contribution >= 0.6 is 0 Å². The third-order valence-corrected chi connectivity index (χ3v) is 4.35. The lowest BCUT2D eigenvalue weighted by molar-refractivity contribution is 0.0115. The fourth-order valence-corrected chi connectivity index (χ4v) is 2.16. The molecule has 0 saturated heterocycles. The van der Waals surface area contributed by atoms with Gasteiger partial charge in [-0.05, 0) is 46.0 Å². The number of hydrogen-bond acceptors (Lipinski definition) is 3. The van der Waals surface area contributed by atoms with Crippen LogP contribution in [0.25, 0.3) is 0 Å². The normalized spacial score (nSPS) is 18.9. The van der Waals surface area contributed by atoms with E-state index in [-0.39, 0.29) is 11.5 Å². The highest BCUT2D eigenvalue weighted by Gasteiger charge is 2.20. The van der Waals surface area contributed by atoms with E-state index in [0.717, 1.165) is 25.7 Å². The molecule has 0 heterocycles. The number of methoxy groups -OCH3 is 1. The van der Waals surface area contributed by atoms with Gasteiger partial charge in [-0.2, -0.15) is 0 Å². The Kier molecular flexibility index (Phi) is 8.88. The van der Waals surface area contributed by atoms with Crippen LogP contribution < -0.4 is 0 Å². The summed E-state index contributed by atoms with van der Waals surface area (Å²) in [6.07, 6.45) is 4.37. The van der Waals surface area contributed by atoms with Crippen LogP contribution in [0.3, 0.4) is 0 Å². The average Bonchev–Trinajstić information content (AvgIpc) is 2.34. The molecule has 0 bridgehead atoms. The summed E-state index contributed by atoms with van der Waals surface area (Å²) in [4.78, 5) is 0. The molecule has 3 nitrogen and oxygen atoms in total. The molecule has 19 heavy (non-hydrogen) atoms. The van der Waals surface area contributed by atoms with Crippen molar-refractivity contribution in [3.8, 4) is 0 Å². The lowest BCUT2D eigenvalue weighted by atomic mass is 9.90. The Morgan fingerprint density at radius 2 is 1.58 bits per heavy atom. The van der Waals surface area contributed by atoms with Gasteiger partial charge in [0.2, 0.25) is 0 Å². The van der Waals surface area contributed by atoms with E-state index in [1.54, 1.807) is 14.0 Å². The molecule has 0 rings (SSSR count). The van der Waals surface area contributed by atoms with E-state index in [9.17, 15) is 10.2 Å². The average molecular weight is 274 g/mol. The SMILES string of the molecule is COC(C)(C)CCCC(C)CCC(O)C(C)C(C)O. The molecule has 0 aliphatic carbocycles. The number of aliphatic hydroxyl groups excluding tert-OH is 2. The molecule has 4 unspecified atom stereocenters. The van der Waals surface area contributed by atoms with Gasteiger partial charge in [-0.1, -0.05) is 26.7 Å². The van der Waals surface area contributed by atoms with Gasteiger partial charge in [0.1, 0.15) is 0 Å². The summed E-state index contributed by atoms with van der Waals surface area (Å²) in [6, 6.07) is 0. The molecule has 116 valence electrons. The third-order valence-electron chi connectivity index (χ3n) is 4.35. The highest BCUT2D eigenvalue weighted by atomic mass is 16.5. The van der Waals surface area contributed by atoms with E-state index in [4.69, 9.17) is 4.74 Å². The highest BCUT2D eigenvalue weighted by molar-refractivity contribution is 4.71. The van der Waals surface area contributed by atoms with E-state index < -0.39 is 12.2 Å². The van der Waals surface area contributed by atoms with E-state index in [1.807, 2.05) is 6.92 Å². The first-order valence-electron chi connectivity index (χ1n) is 7.61. The van der Waals surface area contributed by atoms with Crippen molar-refractivity contribution < 1.29 is 14.9 Å². The Morgan fingerprint density at radius 3 is 2.05 bits per heavy atom. The standard InChI is InChI=1S/C16H34O3/c1-12(8-7-11-16(4,5)19-6)9-10-15(18)13(2)14(3)17/h12-15,17-18H,7-11H2,1-6H3. The lowest BCUT2D eigenvalue weighted by Gasteiger charge is -2.24. The Bertz CT molecular complexity index is 226. The number of hydrogen-bond donors (Lipinski definition) is 2. The summed E-state index contributed by atoms with van der Waals surface area (Å²) in [7, 11) is 1.76. The number of ether oxygens (including phenoxy) is 1. The monoisotopic (exact) mass is 274 g/mol. The molecule has 0 aromatic rings. The van der Waals surface area contributed by atoms with E-state index >= 15 is 0 Å². The predicted octanol–water partition coefficient (Wildman–Crippen LogP) is 3.38. The van der Waals surface area contributed by atoms with Gasteiger partial charge >= 0.3 is 0 Å². The zero-order valence-electron chi connectivity index (χ0n) is 13.6. The minimum Gasteiger partial charge on any atom is -0.393 e. The zero-order valence-corrected chi connectivity index (χ0v) is 13.6. The molecule has 2 N–H and O–H groups in total. The summed E-state index contributed by atoms with van der Waals surface area (Å²) < 4.78 is 5.41. The molecule has 0 aromatic carbocycles. The first-order valence-corrected chi connectivity index (χ1v) is 7.61. The second kappa shape index (κ2) is 8.93. The molecule has 0 amide bonds. The van der Waals surface area contributed by atoms with Crippen molar-refractivity contribution in [2.45, 2.75) is 84.5 Å². The summed E-state index contributed by atoms with van der Waals surface area (Å²) in [5.41, 5.74) is -0.0277. The van der Waals surface area contributed by atoms with Gasteiger partial charge in [0.05, 0.1) is 17.8 Å². The molecule has 0 aliphatic heterocycles. The predicted molar refractivity (Wildman–Crippen MR) is 80.2 cm³/mol. The van der Waals surface area contributed by atoms with Gasteiger partial charge in [-0.15, -0.1) is 0 Å². The van der Waals surface area contributed by atoms with E-state index in [1.165, 1.54) is 6.42 Å². The first kappa shape index (κ1) is 18.9. The second-order valence-corrected chi connectivity index (χ2v) is 6.71. The van der Waals surface area contributed by atoms with Crippen molar-refractivity contribution in [1.82, 2.24) is 0 Å². The summed E-state index contributed by atoms with van der Waals surface area (Å²) in [5.74, 6) is 0.572. The van der Waals surface area contributed by atoms with Crippen molar-refractivity contribution >= 4 is 0 Å². The summed E-state index contributed by atoms with van der Waals surface area (Å²) >= 11 is 0. The topological polar surface area (TPSA) is 49.7 Å². The van der Waals surface area contributed by atoms with Gasteiger partial charge in [0.25, 0.3) is 0 Å². The Hall–Kier alpha value is -0.120. The smallest absolute Gasteiger partial charge is 0.0622 e. The number of aliphatic hydroxyl groups is 2. The van der Waals surface area contributed by atoms with Crippen LogP contribution in [0.1, 0.15) is 66.7 Å². The maximum Gasteiger partial charge on any atom is 0.0622 e. The molecular weight excluding hydrogens is 240 g/mol. The maximum atomic E-state index is 9.95. The van der Waals surface area contributed by atoms with Gasteiger partial charge in [0, 0.05) is 13.0 Å². The Morgan fingerprint density at radius 1 is 1.00 bits per heavy atom. The molecule has 0 aromatic heterocycles. The fraction of sp³-hybridized carbons (Fsp3) is 1.00. The number of rotatable bonds is 10. The van der Waals surface area contributed by atoms with Crippen LogP contribution in [0, 0.1) is 11.8 Å². The molecular formula is C16H34O3. The minimum atomic E-state index is -0.437. The van der Waals surface area contributed by atoms with Gasteiger partial charge in [0.15, 0.2) is 0 Å². The zero-order chi connectivity index (χ0) is 15.1. The van der Waals surface area contributed by atoms with Gasteiger partial charge in [-0.3, -0.25) is 0 Å². The van der Waals surface area contributed by atoms with Crippen molar-refractivity contribution in [2.24, 2.45) is 11.8 Å². The lowest BCUT2D eigenvalue weighted by Crippen LogP contribution is -2.27. The van der Waals surface area contributed by atoms with Crippen LogP contribution in [0.15, 0.2) is 0 Å². The Balaban J connectivity index is 3.79. The maximum absolute atomic E-state index is 9.95. The first-order chi connectivity index (χ1) is 8.69. The summed E-state index contributed by atoms with van der Waals surface area (Å²) in [6.45, 7) is 10.1. The molecule has 3 heteroatoms. The molecule has 0 spiro atoms. The molecule has 0 aliphatic rings. The van der Waals surface area contributed by atoms with Gasteiger partial charge < -0.3 is 14.9 Å². The van der Waals surface area contributed by atoms with Crippen LogP contribution in [0.4, 0.5) is 0 Å². The van der Waals surface area contributed by atoms with Crippen LogP contribution in [-0.2, 0) is 4.74 Å². The quantitative estimate of drug-likeness (QED) is 0.642. The van der Waals surface area contributed by atoms with E-state index in [0.29, 0.717) is 5.92 Å². The van der Waals surface area contributed by atoms with Crippen LogP contribution in [0.5, 0.6) is 0 Å². The summed E-state index contributed by atoms with van der Waals surface area (Å²) in [5, 5.41) is 19.4. The Labute approximate surface area is 119 Å². The van der Waals surface area contributed by atoms with Crippen LogP contribution in [-0.4, -0.2) is 35.1 Å². The highest BCUT2D eigenvalue weighted by Crippen LogP contribution is 2.23. The molecule has 0 radical (unpaired) electrons. The molecule has 0 saturated carbocycles. The van der Waals surface area contributed by atoms with Crippen LogP contribution in [0.2, 0.25) is 0 Å². The van der Waals surface area contributed by atoms with Crippen molar-refractivity contribution in [2.75, 3.05) is 7.11 Å². The second-order valence-electron chi connectivity index (χ2n) is 6.71. The fourth-order valence-electron chi connectivity index (χ4n) is 2.16. The third kappa shape index (κ3) is 8.61. The molecule has 0 fully saturated rings. The molecule has 4 atom stereocenters. The van der Waals surface area contributed by atoms with E-state index in [2.05, 4.69) is 20.8 Å². The minimum absolute atomic E-state index is 0.0277. The van der Waals surface area contributed by atoms with Gasteiger partial charge in [-0.25, -0.2) is 0 Å².